The summed E-state index contributed by atoms with van der Waals surface area (Å²) in [4.78, 5) is 9.72. The number of aldehydes is 1. The third kappa shape index (κ3) is 5.98. The number of hydrogen-bond donors (Lipinski definition) is 1. The molecule has 2 nitrogen and oxygen atoms in total. The Balaban J connectivity index is 2.81. The highest BCUT2D eigenvalue weighted by Crippen LogP contribution is 1.97. The summed E-state index contributed by atoms with van der Waals surface area (Å²) in [6.07, 6.45) is 0.896. The molecule has 8 heavy (non-hydrogen) atoms. The van der Waals surface area contributed by atoms with Crippen LogP contribution in [0.4, 0.5) is 0 Å². The molecule has 0 radical (unpaired) electrons. The maximum absolute atomic E-state index is 9.72. The van der Waals surface area contributed by atoms with Crippen molar-refractivity contribution in [1.29, 1.82) is 0 Å². The van der Waals surface area contributed by atoms with E-state index in [0.29, 0.717) is 5.75 Å². The number of thioether (sulfide) groups is 1. The van der Waals surface area contributed by atoms with E-state index in [0.717, 1.165) is 12.0 Å². The summed E-state index contributed by atoms with van der Waals surface area (Å²) >= 11 is 1.57. The Labute approximate surface area is 53.8 Å². The molecule has 0 heterocycles. The van der Waals surface area contributed by atoms with Crippen LogP contribution in [-0.4, -0.2) is 23.8 Å². The second-order valence-electron chi connectivity index (χ2n) is 1.68. The van der Waals surface area contributed by atoms with Gasteiger partial charge in [-0.2, -0.15) is 11.8 Å². The number of carbonyl (C=O) groups is 1. The predicted octanol–water partition coefficient (Wildman–Crippen LogP) is 0.266. The Morgan fingerprint density at radius 2 is 2.50 bits per heavy atom. The van der Waals surface area contributed by atoms with Crippen LogP contribution in [0.25, 0.3) is 0 Å². The van der Waals surface area contributed by atoms with Crippen molar-refractivity contribution < 1.29 is 4.79 Å². The fraction of sp³-hybridized carbons (Fsp3) is 0.800. The first-order chi connectivity index (χ1) is 3.77. The highest BCUT2D eigenvalue weighted by molar-refractivity contribution is 7.99. The van der Waals surface area contributed by atoms with E-state index in [1.165, 1.54) is 0 Å². The smallest absolute Gasteiger partial charge is 0.129 e. The zero-order valence-electron chi connectivity index (χ0n) is 4.96. The van der Waals surface area contributed by atoms with E-state index in [9.17, 15) is 4.79 Å². The molecule has 0 aromatic carbocycles. The van der Waals surface area contributed by atoms with Crippen LogP contribution in [0.2, 0.25) is 0 Å². The molecule has 0 aromatic rings. The van der Waals surface area contributed by atoms with Crippen LogP contribution in [0, 0.1) is 0 Å². The van der Waals surface area contributed by atoms with Gasteiger partial charge in [0.15, 0.2) is 0 Å². The summed E-state index contributed by atoms with van der Waals surface area (Å²) in [6, 6.07) is 0.208. The molecule has 3 heteroatoms. The first-order valence-corrected chi connectivity index (χ1v) is 3.69. The lowest BCUT2D eigenvalue weighted by Crippen LogP contribution is -2.17. The lowest BCUT2D eigenvalue weighted by atomic mass is 10.4. The third-order valence-corrected chi connectivity index (χ3v) is 1.70. The van der Waals surface area contributed by atoms with Crippen molar-refractivity contribution in [2.75, 3.05) is 11.5 Å². The maximum atomic E-state index is 9.72. The summed E-state index contributed by atoms with van der Waals surface area (Å²) in [5.74, 6) is 1.44. The normalized spacial score (nSPS) is 13.2. The molecule has 0 aliphatic heterocycles. The molecular weight excluding hydrogens is 122 g/mol. The van der Waals surface area contributed by atoms with Crippen molar-refractivity contribution in [3.63, 3.8) is 0 Å². The minimum atomic E-state index is 0.208. The second kappa shape index (κ2) is 5.12. The molecule has 0 aliphatic carbocycles. The van der Waals surface area contributed by atoms with Crippen molar-refractivity contribution in [3.8, 4) is 0 Å². The molecular formula is C5H11NOS. The van der Waals surface area contributed by atoms with Crippen molar-refractivity contribution in [1.82, 2.24) is 0 Å². The monoisotopic (exact) mass is 133 g/mol. The predicted molar refractivity (Wildman–Crippen MR) is 37.0 cm³/mol. The van der Waals surface area contributed by atoms with Gasteiger partial charge in [-0.3, -0.25) is 0 Å². The second-order valence-corrected chi connectivity index (χ2v) is 2.76. The van der Waals surface area contributed by atoms with Gasteiger partial charge in [-0.25, -0.2) is 0 Å². The first-order valence-electron chi connectivity index (χ1n) is 2.54. The number of rotatable bonds is 4. The molecule has 0 rings (SSSR count). The molecule has 0 amide bonds. The van der Waals surface area contributed by atoms with E-state index in [4.69, 9.17) is 5.73 Å². The van der Waals surface area contributed by atoms with Crippen LogP contribution in [-0.2, 0) is 4.79 Å². The number of carbonyl (C=O) groups excluding carboxylic acids is 1. The molecule has 48 valence electrons. The highest BCUT2D eigenvalue weighted by Gasteiger charge is 1.90. The van der Waals surface area contributed by atoms with E-state index in [2.05, 4.69) is 0 Å². The van der Waals surface area contributed by atoms with Gasteiger partial charge >= 0.3 is 0 Å². The first kappa shape index (κ1) is 7.98. The molecule has 1 atom stereocenters. The highest BCUT2D eigenvalue weighted by atomic mass is 32.2. The van der Waals surface area contributed by atoms with E-state index >= 15 is 0 Å². The van der Waals surface area contributed by atoms with Gasteiger partial charge in [-0.1, -0.05) is 0 Å². The van der Waals surface area contributed by atoms with E-state index in [-0.39, 0.29) is 6.04 Å². The Morgan fingerprint density at radius 1 is 1.88 bits per heavy atom. The topological polar surface area (TPSA) is 43.1 Å². The fourth-order valence-corrected chi connectivity index (χ4v) is 0.906. The molecule has 0 spiro atoms. The standard InChI is InChI=1S/C5H11NOS/c1-5(6)4-8-3-2-7/h2,5H,3-4,6H2,1H3/t5-/m1/s1. The minimum absolute atomic E-state index is 0.208. The van der Waals surface area contributed by atoms with E-state index in [1.54, 1.807) is 11.8 Å². The van der Waals surface area contributed by atoms with Gasteiger partial charge in [0.2, 0.25) is 0 Å². The van der Waals surface area contributed by atoms with Crippen molar-refractivity contribution in [2.45, 2.75) is 13.0 Å². The quantitative estimate of drug-likeness (QED) is 0.442. The third-order valence-electron chi connectivity index (χ3n) is 0.567. The lowest BCUT2D eigenvalue weighted by Gasteiger charge is -1.99. The lowest BCUT2D eigenvalue weighted by molar-refractivity contribution is -0.105. The Bertz CT molecular complexity index is 65.4. The largest absolute Gasteiger partial charge is 0.327 e. The van der Waals surface area contributed by atoms with Gasteiger partial charge in [0.1, 0.15) is 6.29 Å². The number of hydrogen-bond acceptors (Lipinski definition) is 3. The summed E-state index contributed by atoms with van der Waals surface area (Å²) in [5, 5.41) is 0. The summed E-state index contributed by atoms with van der Waals surface area (Å²) in [6.45, 7) is 1.93. The SMILES string of the molecule is C[C@@H](N)CSCC=O. The molecule has 2 N–H and O–H groups in total. The van der Waals surface area contributed by atoms with Crippen LogP contribution >= 0.6 is 11.8 Å². The van der Waals surface area contributed by atoms with Gasteiger partial charge < -0.3 is 10.5 Å². The zero-order chi connectivity index (χ0) is 6.41. The molecule has 0 unspecified atom stereocenters. The maximum Gasteiger partial charge on any atom is 0.129 e. The summed E-state index contributed by atoms with van der Waals surface area (Å²) < 4.78 is 0. The molecule has 0 aromatic heterocycles. The van der Waals surface area contributed by atoms with Crippen molar-refractivity contribution in [3.05, 3.63) is 0 Å². The van der Waals surface area contributed by atoms with Crippen molar-refractivity contribution in [2.24, 2.45) is 5.73 Å². The Kier molecular flexibility index (Phi) is 5.11. The van der Waals surface area contributed by atoms with Crippen LogP contribution in [0.15, 0.2) is 0 Å². The zero-order valence-corrected chi connectivity index (χ0v) is 5.78. The van der Waals surface area contributed by atoms with E-state index < -0.39 is 0 Å². The average Bonchev–Trinajstić information content (AvgIpc) is 1.66. The Morgan fingerprint density at radius 3 is 2.88 bits per heavy atom. The van der Waals surface area contributed by atoms with E-state index in [1.807, 2.05) is 6.92 Å². The van der Waals surface area contributed by atoms with Crippen LogP contribution in [0.1, 0.15) is 6.92 Å². The minimum Gasteiger partial charge on any atom is -0.327 e. The van der Waals surface area contributed by atoms with Crippen LogP contribution < -0.4 is 5.73 Å². The van der Waals surface area contributed by atoms with Gasteiger partial charge in [-0.05, 0) is 6.92 Å². The van der Waals surface area contributed by atoms with Gasteiger partial charge in [0.05, 0.1) is 0 Å². The summed E-state index contributed by atoms with van der Waals surface area (Å²) in [7, 11) is 0. The average molecular weight is 133 g/mol. The molecule has 0 fully saturated rings. The van der Waals surface area contributed by atoms with Gasteiger partial charge in [0, 0.05) is 17.5 Å². The molecule has 0 saturated heterocycles. The number of nitrogens with two attached hydrogens (primary N) is 1. The molecule has 0 bridgehead atoms. The van der Waals surface area contributed by atoms with Crippen molar-refractivity contribution >= 4 is 18.0 Å². The fourth-order valence-electron chi connectivity index (χ4n) is 0.302. The summed E-state index contributed by atoms with van der Waals surface area (Å²) in [5.41, 5.74) is 5.40. The van der Waals surface area contributed by atoms with Crippen LogP contribution in [0.5, 0.6) is 0 Å². The molecule has 0 saturated carbocycles. The van der Waals surface area contributed by atoms with Gasteiger partial charge in [0.25, 0.3) is 0 Å². The Hall–Kier alpha value is -0.0200. The molecule has 0 aliphatic rings. The van der Waals surface area contributed by atoms with Crippen LogP contribution in [0.3, 0.4) is 0 Å². The van der Waals surface area contributed by atoms with Gasteiger partial charge in [-0.15, -0.1) is 0 Å².